The first-order valence-electron chi connectivity index (χ1n) is 7.95. The van der Waals surface area contributed by atoms with Crippen LogP contribution in [0.1, 0.15) is 51.3 Å². The van der Waals surface area contributed by atoms with Crippen LogP contribution >= 0.6 is 11.6 Å². The molecule has 1 amide bonds. The maximum Gasteiger partial charge on any atom is 0.241 e. The highest BCUT2D eigenvalue weighted by molar-refractivity contribution is 6.30. The Morgan fingerprint density at radius 1 is 1.43 bits per heavy atom. The van der Waals surface area contributed by atoms with Gasteiger partial charge in [-0.15, -0.1) is 0 Å². The zero-order valence-electron chi connectivity index (χ0n) is 12.7. The van der Waals surface area contributed by atoms with Crippen LogP contribution in [0.25, 0.3) is 0 Å². The molecule has 1 aliphatic carbocycles. The van der Waals surface area contributed by atoms with Crippen LogP contribution in [-0.2, 0) is 4.79 Å². The smallest absolute Gasteiger partial charge is 0.241 e. The summed E-state index contributed by atoms with van der Waals surface area (Å²) in [6.07, 6.45) is 4.22. The lowest BCUT2D eigenvalue weighted by Gasteiger charge is -2.25. The van der Waals surface area contributed by atoms with Gasteiger partial charge in [0.25, 0.3) is 0 Å². The van der Waals surface area contributed by atoms with Gasteiger partial charge >= 0.3 is 0 Å². The van der Waals surface area contributed by atoms with Gasteiger partial charge in [0.15, 0.2) is 0 Å². The average molecular weight is 307 g/mol. The second-order valence-corrected chi connectivity index (χ2v) is 6.78. The van der Waals surface area contributed by atoms with Crippen LogP contribution in [0.3, 0.4) is 0 Å². The summed E-state index contributed by atoms with van der Waals surface area (Å²) in [5.74, 6) is 0.880. The molecule has 21 heavy (non-hydrogen) atoms. The molecule has 1 saturated heterocycles. The van der Waals surface area contributed by atoms with Gasteiger partial charge in [-0.1, -0.05) is 50.4 Å². The van der Waals surface area contributed by atoms with Crippen molar-refractivity contribution >= 4 is 17.5 Å². The molecule has 1 saturated carbocycles. The SMILES string of the molecule is CCCCC1NC(c2cccc(Cl)c2)N(C2CC2C)C1=O. The lowest BCUT2D eigenvalue weighted by molar-refractivity contribution is -0.131. The Labute approximate surface area is 131 Å². The van der Waals surface area contributed by atoms with Crippen molar-refractivity contribution < 1.29 is 4.79 Å². The van der Waals surface area contributed by atoms with E-state index in [0.717, 1.165) is 36.3 Å². The molecular weight excluding hydrogens is 284 g/mol. The first-order valence-corrected chi connectivity index (χ1v) is 8.33. The standard InChI is InChI=1S/C17H23ClN2O/c1-3-4-8-14-17(21)20(15-9-11(15)2)16(19-14)12-6-5-7-13(18)10-12/h5-7,10-11,14-16,19H,3-4,8-9H2,1-2H3. The van der Waals surface area contributed by atoms with Crippen molar-refractivity contribution in [1.29, 1.82) is 0 Å². The quantitative estimate of drug-likeness (QED) is 0.899. The highest BCUT2D eigenvalue weighted by Crippen LogP contribution is 2.42. The Hall–Kier alpha value is -1.06. The van der Waals surface area contributed by atoms with Crippen LogP contribution in [0.4, 0.5) is 0 Å². The fourth-order valence-corrected chi connectivity index (χ4v) is 3.44. The summed E-state index contributed by atoms with van der Waals surface area (Å²) in [5.41, 5.74) is 1.09. The van der Waals surface area contributed by atoms with Gasteiger partial charge in [-0.3, -0.25) is 10.1 Å². The first-order chi connectivity index (χ1) is 10.1. The van der Waals surface area contributed by atoms with E-state index in [9.17, 15) is 4.79 Å². The van der Waals surface area contributed by atoms with Crippen molar-refractivity contribution in [2.45, 2.75) is 57.8 Å². The number of benzene rings is 1. The Bertz CT molecular complexity index is 533. The molecule has 0 aromatic heterocycles. The first kappa shape index (κ1) is 14.9. The second kappa shape index (κ2) is 5.98. The Morgan fingerprint density at radius 3 is 2.81 bits per heavy atom. The van der Waals surface area contributed by atoms with Crippen LogP contribution < -0.4 is 5.32 Å². The van der Waals surface area contributed by atoms with Crippen LogP contribution in [0.2, 0.25) is 5.02 Å². The molecule has 0 bridgehead atoms. The van der Waals surface area contributed by atoms with Crippen LogP contribution in [0, 0.1) is 5.92 Å². The highest BCUT2D eigenvalue weighted by atomic mass is 35.5. The number of unbranched alkanes of at least 4 members (excludes halogenated alkanes) is 1. The number of carbonyl (C=O) groups excluding carboxylic acids is 1. The minimum Gasteiger partial charge on any atom is -0.318 e. The molecule has 4 atom stereocenters. The van der Waals surface area contributed by atoms with E-state index in [1.54, 1.807) is 0 Å². The van der Waals surface area contributed by atoms with E-state index in [-0.39, 0.29) is 18.1 Å². The topological polar surface area (TPSA) is 32.3 Å². The fraction of sp³-hybridized carbons (Fsp3) is 0.588. The van der Waals surface area contributed by atoms with E-state index in [2.05, 4.69) is 30.1 Å². The maximum absolute atomic E-state index is 12.7. The van der Waals surface area contributed by atoms with Crippen molar-refractivity contribution in [2.75, 3.05) is 0 Å². The summed E-state index contributed by atoms with van der Waals surface area (Å²) >= 11 is 6.12. The molecule has 0 spiro atoms. The summed E-state index contributed by atoms with van der Waals surface area (Å²) < 4.78 is 0. The van der Waals surface area contributed by atoms with Crippen molar-refractivity contribution in [3.63, 3.8) is 0 Å². The predicted molar refractivity (Wildman–Crippen MR) is 85.1 cm³/mol. The number of carbonyl (C=O) groups is 1. The number of halogens is 1. The van der Waals surface area contributed by atoms with Gasteiger partial charge in [0.1, 0.15) is 6.17 Å². The molecule has 1 aromatic carbocycles. The average Bonchev–Trinajstić information content (AvgIpc) is 3.08. The third kappa shape index (κ3) is 2.95. The molecule has 2 fully saturated rings. The van der Waals surface area contributed by atoms with Gasteiger partial charge in [-0.2, -0.15) is 0 Å². The largest absolute Gasteiger partial charge is 0.318 e. The lowest BCUT2D eigenvalue weighted by Crippen LogP contribution is -2.33. The molecule has 1 N–H and O–H groups in total. The zero-order valence-corrected chi connectivity index (χ0v) is 13.4. The van der Waals surface area contributed by atoms with Crippen LogP contribution in [0.5, 0.6) is 0 Å². The van der Waals surface area contributed by atoms with Gasteiger partial charge in [0.05, 0.1) is 6.04 Å². The third-order valence-corrected chi connectivity index (χ3v) is 4.86. The van der Waals surface area contributed by atoms with Crippen LogP contribution in [0.15, 0.2) is 24.3 Å². The number of hydrogen-bond acceptors (Lipinski definition) is 2. The summed E-state index contributed by atoms with van der Waals surface area (Å²) in [6.45, 7) is 4.38. The number of hydrogen-bond donors (Lipinski definition) is 1. The molecule has 114 valence electrons. The van der Waals surface area contributed by atoms with Gasteiger partial charge in [0, 0.05) is 11.1 Å². The number of nitrogens with zero attached hydrogens (tertiary/aromatic N) is 1. The van der Waals surface area contributed by atoms with Gasteiger partial charge in [0.2, 0.25) is 5.91 Å². The van der Waals surface area contributed by atoms with Crippen molar-refractivity contribution in [3.05, 3.63) is 34.9 Å². The maximum atomic E-state index is 12.7. The third-order valence-electron chi connectivity index (χ3n) is 4.62. The van der Waals surface area contributed by atoms with Crippen molar-refractivity contribution in [2.24, 2.45) is 5.92 Å². The summed E-state index contributed by atoms with van der Waals surface area (Å²) in [7, 11) is 0. The van der Waals surface area contributed by atoms with E-state index >= 15 is 0 Å². The molecule has 2 aliphatic rings. The molecule has 3 rings (SSSR count). The van der Waals surface area contributed by atoms with Gasteiger partial charge in [-0.25, -0.2) is 0 Å². The number of rotatable bonds is 5. The monoisotopic (exact) mass is 306 g/mol. The Balaban J connectivity index is 1.84. The normalized spacial score (nSPS) is 31.8. The second-order valence-electron chi connectivity index (χ2n) is 6.34. The molecule has 4 unspecified atom stereocenters. The molecule has 1 heterocycles. The minimum absolute atomic E-state index is 0.0204. The van der Waals surface area contributed by atoms with E-state index in [1.807, 2.05) is 18.2 Å². The highest BCUT2D eigenvalue weighted by Gasteiger charge is 2.49. The fourth-order valence-electron chi connectivity index (χ4n) is 3.24. The van der Waals surface area contributed by atoms with E-state index in [0.29, 0.717) is 12.0 Å². The molecular formula is C17H23ClN2O. The molecule has 0 radical (unpaired) electrons. The Kier molecular flexibility index (Phi) is 4.23. The molecule has 3 nitrogen and oxygen atoms in total. The molecule has 1 aliphatic heterocycles. The van der Waals surface area contributed by atoms with Gasteiger partial charge < -0.3 is 4.90 Å². The Morgan fingerprint density at radius 2 is 2.19 bits per heavy atom. The van der Waals surface area contributed by atoms with Crippen molar-refractivity contribution in [1.82, 2.24) is 10.2 Å². The van der Waals surface area contributed by atoms with Gasteiger partial charge in [-0.05, 0) is 36.5 Å². The van der Waals surface area contributed by atoms with Crippen LogP contribution in [-0.4, -0.2) is 22.9 Å². The van der Waals surface area contributed by atoms with E-state index < -0.39 is 0 Å². The number of amides is 1. The zero-order chi connectivity index (χ0) is 15.0. The molecule has 1 aromatic rings. The van der Waals surface area contributed by atoms with E-state index in [4.69, 9.17) is 11.6 Å². The summed E-state index contributed by atoms with van der Waals surface area (Å²) in [4.78, 5) is 14.8. The minimum atomic E-state index is -0.0401. The van der Waals surface area contributed by atoms with Crippen molar-refractivity contribution in [3.8, 4) is 0 Å². The number of nitrogens with one attached hydrogen (secondary N) is 1. The van der Waals surface area contributed by atoms with E-state index in [1.165, 1.54) is 0 Å². The lowest BCUT2D eigenvalue weighted by atomic mass is 10.1. The molecule has 4 heteroatoms. The summed E-state index contributed by atoms with van der Waals surface area (Å²) in [6, 6.07) is 8.20. The summed E-state index contributed by atoms with van der Waals surface area (Å²) in [5, 5.41) is 4.25. The predicted octanol–water partition coefficient (Wildman–Crippen LogP) is 3.74.